The molecule has 1 amide bonds. The lowest BCUT2D eigenvalue weighted by atomic mass is 10.00. The highest BCUT2D eigenvalue weighted by molar-refractivity contribution is 5.80. The molecule has 0 aromatic rings. The molecule has 0 radical (unpaired) electrons. The Balaban J connectivity index is 3.67. The highest BCUT2D eigenvalue weighted by atomic mass is 16.3. The van der Waals surface area contributed by atoms with Gasteiger partial charge in [-0.25, -0.2) is 0 Å². The van der Waals surface area contributed by atoms with Crippen molar-refractivity contribution in [3.63, 3.8) is 0 Å². The number of unbranched alkanes of at least 4 members (excludes halogenated alkanes) is 27. The molecule has 0 heterocycles. The molecule has 0 aromatic carbocycles. The number of carbonyl (C=O) groups is 1. The fourth-order valence-corrected chi connectivity index (χ4v) is 6.81. The van der Waals surface area contributed by atoms with Crippen LogP contribution in [-0.2, 0) is 4.79 Å². The quantitative estimate of drug-likeness (QED) is 0.0320. The van der Waals surface area contributed by atoms with Gasteiger partial charge in [0.25, 0.3) is 0 Å². The molecule has 4 atom stereocenters. The summed E-state index contributed by atoms with van der Waals surface area (Å²) in [5, 5.41) is 43.5. The van der Waals surface area contributed by atoms with Crippen molar-refractivity contribution in [2.75, 3.05) is 6.61 Å². The molecule has 0 fully saturated rings. The Morgan fingerprint density at radius 1 is 0.471 bits per heavy atom. The number of aliphatic hydroxyl groups is 4. The predicted octanol–water partition coefficient (Wildman–Crippen LogP) is 11.6. The Morgan fingerprint density at radius 2 is 0.804 bits per heavy atom. The number of hydrogen-bond acceptors (Lipinski definition) is 5. The van der Waals surface area contributed by atoms with Crippen LogP contribution in [0.3, 0.4) is 0 Å². The van der Waals surface area contributed by atoms with Crippen LogP contribution < -0.4 is 5.32 Å². The molecule has 0 saturated heterocycles. The largest absolute Gasteiger partial charge is 0.394 e. The SMILES string of the molecule is CCCCCCC/C=C/CCCC(O)C(O)C(CO)NC(=O)C(O)CCCCCCCCCCC/C=C\CCCCCCCCCCCCCC. The number of allylic oxidation sites excluding steroid dienone is 4. The van der Waals surface area contributed by atoms with Gasteiger partial charge in [0.05, 0.1) is 18.8 Å². The summed E-state index contributed by atoms with van der Waals surface area (Å²) in [5.41, 5.74) is 0. The number of rotatable bonds is 40. The molecule has 302 valence electrons. The maximum absolute atomic E-state index is 12.5. The number of amides is 1. The summed E-state index contributed by atoms with van der Waals surface area (Å²) in [6, 6.07) is -0.999. The summed E-state index contributed by atoms with van der Waals surface area (Å²) in [5.74, 6) is -0.596. The third kappa shape index (κ3) is 34.3. The second kappa shape index (κ2) is 40.0. The molecule has 0 aliphatic rings. The van der Waals surface area contributed by atoms with Crippen LogP contribution in [-0.4, -0.2) is 57.3 Å². The summed E-state index contributed by atoms with van der Waals surface area (Å²) in [4.78, 5) is 12.5. The van der Waals surface area contributed by atoms with E-state index in [4.69, 9.17) is 0 Å². The molecule has 4 unspecified atom stereocenters. The van der Waals surface area contributed by atoms with Crippen LogP contribution in [0.5, 0.6) is 0 Å². The first-order valence-corrected chi connectivity index (χ1v) is 22.2. The van der Waals surface area contributed by atoms with Crippen molar-refractivity contribution in [3.8, 4) is 0 Å². The Kier molecular flexibility index (Phi) is 39.0. The molecule has 0 aliphatic carbocycles. The minimum atomic E-state index is -1.28. The van der Waals surface area contributed by atoms with Gasteiger partial charge in [-0.1, -0.05) is 186 Å². The summed E-state index contributed by atoms with van der Waals surface area (Å²) < 4.78 is 0. The van der Waals surface area contributed by atoms with Crippen molar-refractivity contribution < 1.29 is 25.2 Å². The van der Waals surface area contributed by atoms with Gasteiger partial charge in [0.15, 0.2) is 0 Å². The summed E-state index contributed by atoms with van der Waals surface area (Å²) in [6.45, 7) is 4.01. The molecule has 0 aliphatic heterocycles. The first-order valence-electron chi connectivity index (χ1n) is 22.2. The molecular formula is C45H87NO5. The van der Waals surface area contributed by atoms with E-state index in [0.29, 0.717) is 12.8 Å². The van der Waals surface area contributed by atoms with Gasteiger partial charge in [0.1, 0.15) is 12.2 Å². The van der Waals surface area contributed by atoms with Crippen LogP contribution in [0.2, 0.25) is 0 Å². The van der Waals surface area contributed by atoms with Crippen molar-refractivity contribution >= 4 is 5.91 Å². The minimum absolute atomic E-state index is 0.362. The Labute approximate surface area is 316 Å². The third-order valence-electron chi connectivity index (χ3n) is 10.4. The van der Waals surface area contributed by atoms with Crippen molar-refractivity contribution in [2.24, 2.45) is 0 Å². The van der Waals surface area contributed by atoms with Crippen LogP contribution in [0.15, 0.2) is 24.3 Å². The monoisotopic (exact) mass is 722 g/mol. The van der Waals surface area contributed by atoms with E-state index < -0.39 is 36.9 Å². The summed E-state index contributed by atoms with van der Waals surface area (Å²) in [6.07, 6.45) is 45.1. The zero-order valence-electron chi connectivity index (χ0n) is 33.9. The average molecular weight is 722 g/mol. The van der Waals surface area contributed by atoms with E-state index in [9.17, 15) is 25.2 Å². The van der Waals surface area contributed by atoms with Crippen LogP contribution in [0.4, 0.5) is 0 Å². The minimum Gasteiger partial charge on any atom is -0.394 e. The lowest BCUT2D eigenvalue weighted by molar-refractivity contribution is -0.132. The van der Waals surface area contributed by atoms with E-state index in [2.05, 4.69) is 43.5 Å². The Hall–Kier alpha value is -1.21. The predicted molar refractivity (Wildman–Crippen MR) is 219 cm³/mol. The fraction of sp³-hybridized carbons (Fsp3) is 0.889. The molecule has 0 saturated carbocycles. The van der Waals surface area contributed by atoms with E-state index in [1.54, 1.807) is 0 Å². The molecule has 0 aromatic heterocycles. The van der Waals surface area contributed by atoms with Gasteiger partial charge >= 0.3 is 0 Å². The highest BCUT2D eigenvalue weighted by Gasteiger charge is 2.28. The summed E-state index contributed by atoms with van der Waals surface area (Å²) >= 11 is 0. The maximum atomic E-state index is 12.5. The lowest BCUT2D eigenvalue weighted by Crippen LogP contribution is -2.53. The second-order valence-corrected chi connectivity index (χ2v) is 15.4. The van der Waals surface area contributed by atoms with E-state index in [-0.39, 0.29) is 0 Å². The Bertz CT molecular complexity index is 772. The zero-order chi connectivity index (χ0) is 37.5. The standard InChI is InChI=1S/C45H87NO5/c1-3-5-7-9-11-13-15-16-17-18-19-20-21-22-23-24-25-26-27-28-29-31-33-35-37-39-43(49)45(51)46-41(40-47)44(50)42(48)38-36-34-32-30-14-12-10-8-6-4-2/h22-23,30,32,41-44,47-50H,3-21,24-29,31,33-40H2,1-2H3,(H,46,51)/b23-22-,32-30+. The van der Waals surface area contributed by atoms with E-state index in [1.807, 2.05) is 0 Å². The normalized spacial score (nSPS) is 14.4. The third-order valence-corrected chi connectivity index (χ3v) is 10.4. The molecule has 0 spiro atoms. The van der Waals surface area contributed by atoms with Gasteiger partial charge in [0, 0.05) is 0 Å². The smallest absolute Gasteiger partial charge is 0.249 e. The van der Waals surface area contributed by atoms with Crippen LogP contribution in [0, 0.1) is 0 Å². The van der Waals surface area contributed by atoms with Crippen LogP contribution >= 0.6 is 0 Å². The topological polar surface area (TPSA) is 110 Å². The number of aliphatic hydroxyl groups excluding tert-OH is 4. The van der Waals surface area contributed by atoms with Crippen molar-refractivity contribution in [3.05, 3.63) is 24.3 Å². The lowest BCUT2D eigenvalue weighted by Gasteiger charge is -2.27. The fourth-order valence-electron chi connectivity index (χ4n) is 6.81. The van der Waals surface area contributed by atoms with Gasteiger partial charge in [0.2, 0.25) is 5.91 Å². The zero-order valence-corrected chi connectivity index (χ0v) is 33.9. The van der Waals surface area contributed by atoms with E-state index in [1.165, 1.54) is 161 Å². The summed E-state index contributed by atoms with van der Waals surface area (Å²) in [7, 11) is 0. The number of nitrogens with one attached hydrogen (secondary N) is 1. The highest BCUT2D eigenvalue weighted by Crippen LogP contribution is 2.15. The molecule has 5 N–H and O–H groups in total. The molecule has 51 heavy (non-hydrogen) atoms. The van der Waals surface area contributed by atoms with Gasteiger partial charge < -0.3 is 25.7 Å². The van der Waals surface area contributed by atoms with Gasteiger partial charge in [-0.2, -0.15) is 0 Å². The first-order chi connectivity index (χ1) is 25.0. The number of hydrogen-bond donors (Lipinski definition) is 5. The van der Waals surface area contributed by atoms with Gasteiger partial charge in [-0.3, -0.25) is 4.79 Å². The molecule has 6 nitrogen and oxygen atoms in total. The van der Waals surface area contributed by atoms with Crippen molar-refractivity contribution in [2.45, 2.75) is 250 Å². The number of carbonyl (C=O) groups excluding carboxylic acids is 1. The molecule has 0 rings (SSSR count). The van der Waals surface area contributed by atoms with Crippen LogP contribution in [0.1, 0.15) is 226 Å². The molecule has 6 heteroatoms. The van der Waals surface area contributed by atoms with Gasteiger partial charge in [-0.05, 0) is 64.2 Å². The first kappa shape index (κ1) is 49.8. The molecular weight excluding hydrogens is 634 g/mol. The Morgan fingerprint density at radius 3 is 1.18 bits per heavy atom. The second-order valence-electron chi connectivity index (χ2n) is 15.4. The average Bonchev–Trinajstić information content (AvgIpc) is 3.13. The molecule has 0 bridgehead atoms. The van der Waals surface area contributed by atoms with Crippen molar-refractivity contribution in [1.29, 1.82) is 0 Å². The van der Waals surface area contributed by atoms with E-state index >= 15 is 0 Å². The maximum Gasteiger partial charge on any atom is 0.249 e. The van der Waals surface area contributed by atoms with Gasteiger partial charge in [-0.15, -0.1) is 0 Å². The van der Waals surface area contributed by atoms with Crippen molar-refractivity contribution in [1.82, 2.24) is 5.32 Å². The van der Waals surface area contributed by atoms with Crippen LogP contribution in [0.25, 0.3) is 0 Å². The van der Waals surface area contributed by atoms with E-state index in [0.717, 1.165) is 38.5 Å².